The van der Waals surface area contributed by atoms with E-state index in [1.54, 1.807) is 39.8 Å². The number of nitrogens with zero attached hydrogens (tertiary/aromatic N) is 1. The Morgan fingerprint density at radius 3 is 2.30 bits per heavy atom. The quantitative estimate of drug-likeness (QED) is 0.157. The molecular formula is C33H34F3NO7. The standard InChI is InChI=1S/C33H34F3NO7/c1-16(2)43-32(40)27-21(7)37-20(6)26(28(27)23-10-8-9-11-24(23)33(34,35)36)31(39)42-15-14-41-25-13-12-22-17(3)18(4)30(38)44-29(22)19(25)5/h8-13,16,27-28H,14-15H2,1-7H3. The lowest BCUT2D eigenvalue weighted by atomic mass is 9.74. The lowest BCUT2D eigenvalue weighted by Gasteiger charge is -2.33. The number of hydrogen-bond donors (Lipinski definition) is 0. The van der Waals surface area contributed by atoms with Crippen molar-refractivity contribution in [3.05, 3.63) is 85.9 Å². The Kier molecular flexibility index (Phi) is 9.36. The van der Waals surface area contributed by atoms with E-state index >= 15 is 0 Å². The van der Waals surface area contributed by atoms with E-state index in [0.717, 1.165) is 17.0 Å². The summed E-state index contributed by atoms with van der Waals surface area (Å²) < 4.78 is 64.6. The summed E-state index contributed by atoms with van der Waals surface area (Å²) in [5.41, 5.74) is 0.770. The third-order valence-electron chi connectivity index (χ3n) is 7.65. The number of esters is 2. The van der Waals surface area contributed by atoms with Gasteiger partial charge in [0.05, 0.1) is 17.2 Å². The predicted molar refractivity (Wildman–Crippen MR) is 158 cm³/mol. The first-order valence-corrected chi connectivity index (χ1v) is 14.1. The zero-order chi connectivity index (χ0) is 32.5. The molecular weight excluding hydrogens is 579 g/mol. The van der Waals surface area contributed by atoms with E-state index in [2.05, 4.69) is 4.99 Å². The van der Waals surface area contributed by atoms with Gasteiger partial charge in [0, 0.05) is 33.8 Å². The molecule has 1 aliphatic rings. The first kappa shape index (κ1) is 32.5. The van der Waals surface area contributed by atoms with Crippen molar-refractivity contribution >= 4 is 28.6 Å². The molecule has 0 saturated carbocycles. The van der Waals surface area contributed by atoms with E-state index in [9.17, 15) is 27.6 Å². The molecule has 0 aliphatic carbocycles. The number of fused-ring (bicyclic) bond motifs is 1. The highest BCUT2D eigenvalue weighted by Gasteiger charge is 2.46. The average molecular weight is 614 g/mol. The first-order valence-electron chi connectivity index (χ1n) is 14.1. The Bertz CT molecular complexity index is 1730. The van der Waals surface area contributed by atoms with E-state index in [1.165, 1.54) is 32.0 Å². The lowest BCUT2D eigenvalue weighted by molar-refractivity contribution is -0.151. The molecule has 2 heterocycles. The number of carbonyl (C=O) groups is 2. The zero-order valence-electron chi connectivity index (χ0n) is 25.5. The maximum Gasteiger partial charge on any atom is 0.416 e. The molecule has 11 heteroatoms. The van der Waals surface area contributed by atoms with Crippen molar-refractivity contribution in [2.24, 2.45) is 10.9 Å². The second-order valence-corrected chi connectivity index (χ2v) is 11.0. The highest BCUT2D eigenvalue weighted by atomic mass is 19.4. The van der Waals surface area contributed by atoms with Gasteiger partial charge in [-0.1, -0.05) is 18.2 Å². The van der Waals surface area contributed by atoms with E-state index in [1.807, 2.05) is 6.92 Å². The van der Waals surface area contributed by atoms with Crippen molar-refractivity contribution in [3.63, 3.8) is 0 Å². The molecule has 1 aliphatic heterocycles. The maximum absolute atomic E-state index is 14.1. The molecule has 0 saturated heterocycles. The van der Waals surface area contributed by atoms with Crippen LogP contribution in [0.15, 0.2) is 61.9 Å². The minimum Gasteiger partial charge on any atom is -0.490 e. The molecule has 1 aromatic heterocycles. The second kappa shape index (κ2) is 12.7. The highest BCUT2D eigenvalue weighted by molar-refractivity contribution is 6.07. The Morgan fingerprint density at radius 1 is 0.955 bits per heavy atom. The number of halogens is 3. The van der Waals surface area contributed by atoms with Crippen molar-refractivity contribution in [1.82, 2.24) is 0 Å². The van der Waals surface area contributed by atoms with Crippen LogP contribution in [-0.2, 0) is 25.2 Å². The van der Waals surface area contributed by atoms with Crippen molar-refractivity contribution in [2.45, 2.75) is 66.7 Å². The molecule has 0 N–H and O–H groups in total. The summed E-state index contributed by atoms with van der Waals surface area (Å²) >= 11 is 0. The van der Waals surface area contributed by atoms with E-state index in [4.69, 9.17) is 18.6 Å². The number of aryl methyl sites for hydroxylation is 2. The van der Waals surface area contributed by atoms with Gasteiger partial charge in [0.1, 0.15) is 30.5 Å². The summed E-state index contributed by atoms with van der Waals surface area (Å²) in [5, 5.41) is 0.768. The van der Waals surface area contributed by atoms with Crippen molar-refractivity contribution < 1.29 is 41.4 Å². The topological polar surface area (TPSA) is 104 Å². The summed E-state index contributed by atoms with van der Waals surface area (Å²) in [7, 11) is 0. The van der Waals surface area contributed by atoms with Crippen LogP contribution in [0.5, 0.6) is 5.75 Å². The third kappa shape index (κ3) is 6.41. The van der Waals surface area contributed by atoms with Gasteiger partial charge in [0.25, 0.3) is 0 Å². The van der Waals surface area contributed by atoms with E-state index in [-0.39, 0.29) is 35.8 Å². The molecule has 4 rings (SSSR count). The molecule has 0 bridgehead atoms. The Morgan fingerprint density at radius 2 is 1.64 bits per heavy atom. The molecule has 0 amide bonds. The van der Waals surface area contributed by atoms with Gasteiger partial charge >= 0.3 is 23.7 Å². The number of allylic oxidation sites excluding steroid dienone is 1. The van der Waals surface area contributed by atoms with Gasteiger partial charge in [-0.05, 0) is 77.8 Å². The smallest absolute Gasteiger partial charge is 0.416 e. The SMILES string of the molecule is CC1=NC(C)=C(C(=O)OCCOc2ccc3c(C)c(C)c(=O)oc3c2C)C(c2ccccc2C(F)(F)F)C1C(=O)OC(C)C. The zero-order valence-corrected chi connectivity index (χ0v) is 25.5. The number of aliphatic imine (C=N–C) groups is 1. The first-order chi connectivity index (χ1) is 20.6. The highest BCUT2D eigenvalue weighted by Crippen LogP contribution is 2.45. The molecule has 0 radical (unpaired) electrons. The molecule has 234 valence electrons. The Labute approximate surface area is 252 Å². The summed E-state index contributed by atoms with van der Waals surface area (Å²) in [4.78, 5) is 43.3. The summed E-state index contributed by atoms with van der Waals surface area (Å²) in [6, 6.07) is 8.29. The minimum absolute atomic E-state index is 0.107. The molecule has 2 unspecified atom stereocenters. The van der Waals surface area contributed by atoms with Crippen LogP contribution in [0.25, 0.3) is 11.0 Å². The fraction of sp³-hybridized carbons (Fsp3) is 0.394. The molecule has 8 nitrogen and oxygen atoms in total. The van der Waals surface area contributed by atoms with Crippen molar-refractivity contribution in [3.8, 4) is 5.75 Å². The molecule has 2 atom stereocenters. The van der Waals surface area contributed by atoms with Crippen LogP contribution in [0.1, 0.15) is 61.4 Å². The molecule has 44 heavy (non-hydrogen) atoms. The fourth-order valence-electron chi connectivity index (χ4n) is 5.42. The second-order valence-electron chi connectivity index (χ2n) is 11.0. The van der Waals surface area contributed by atoms with Crippen LogP contribution >= 0.6 is 0 Å². The Balaban J connectivity index is 1.62. The third-order valence-corrected chi connectivity index (χ3v) is 7.65. The number of benzene rings is 2. The monoisotopic (exact) mass is 613 g/mol. The van der Waals surface area contributed by atoms with Crippen molar-refractivity contribution in [2.75, 3.05) is 13.2 Å². The van der Waals surface area contributed by atoms with Gasteiger partial charge in [-0.25, -0.2) is 9.59 Å². The number of rotatable bonds is 8. The summed E-state index contributed by atoms with van der Waals surface area (Å²) in [6.07, 6.45) is -5.30. The van der Waals surface area contributed by atoms with Gasteiger partial charge in [-0.15, -0.1) is 0 Å². The number of hydrogen-bond acceptors (Lipinski definition) is 8. The van der Waals surface area contributed by atoms with Gasteiger partial charge in [-0.2, -0.15) is 13.2 Å². The molecule has 2 aromatic carbocycles. The van der Waals surface area contributed by atoms with Crippen molar-refractivity contribution in [1.29, 1.82) is 0 Å². The molecule has 0 spiro atoms. The van der Waals surface area contributed by atoms with Crippen LogP contribution in [0.3, 0.4) is 0 Å². The minimum atomic E-state index is -4.75. The van der Waals surface area contributed by atoms with Crippen LogP contribution in [0, 0.1) is 26.7 Å². The average Bonchev–Trinajstić information content (AvgIpc) is 2.94. The van der Waals surface area contributed by atoms with Gasteiger partial charge < -0.3 is 18.6 Å². The normalized spacial score (nSPS) is 17.1. The van der Waals surface area contributed by atoms with Crippen LogP contribution in [0.4, 0.5) is 13.2 Å². The molecule has 0 fully saturated rings. The van der Waals surface area contributed by atoms with Crippen LogP contribution in [-0.4, -0.2) is 37.0 Å². The maximum atomic E-state index is 14.1. The van der Waals surface area contributed by atoms with E-state index in [0.29, 0.717) is 22.5 Å². The number of alkyl halides is 3. The van der Waals surface area contributed by atoms with Gasteiger partial charge in [-0.3, -0.25) is 9.79 Å². The van der Waals surface area contributed by atoms with Crippen LogP contribution < -0.4 is 10.4 Å². The van der Waals surface area contributed by atoms with Gasteiger partial charge in [0.2, 0.25) is 0 Å². The van der Waals surface area contributed by atoms with Crippen LogP contribution in [0.2, 0.25) is 0 Å². The largest absolute Gasteiger partial charge is 0.490 e. The van der Waals surface area contributed by atoms with E-state index < -0.39 is 47.2 Å². The summed E-state index contributed by atoms with van der Waals surface area (Å²) in [6.45, 7) is 11.1. The summed E-state index contributed by atoms with van der Waals surface area (Å²) in [5.74, 6) is -3.97. The fourth-order valence-corrected chi connectivity index (χ4v) is 5.42. The number of ether oxygens (including phenoxy) is 3. The molecule has 3 aromatic rings. The Hall–Kier alpha value is -4.41. The lowest BCUT2D eigenvalue weighted by Crippen LogP contribution is -2.38. The van der Waals surface area contributed by atoms with Gasteiger partial charge in [0.15, 0.2) is 0 Å². The predicted octanol–water partition coefficient (Wildman–Crippen LogP) is 6.76. The number of carbonyl (C=O) groups excluding carboxylic acids is 2.